The number of hydrazone groups is 1. The zero-order valence-corrected chi connectivity index (χ0v) is 19.3. The highest BCUT2D eigenvalue weighted by Gasteiger charge is 2.17. The molecular weight excluding hydrogens is 458 g/mol. The number of hydrogen-bond acceptors (Lipinski definition) is 6. The van der Waals surface area contributed by atoms with Crippen molar-refractivity contribution in [1.29, 1.82) is 0 Å². The monoisotopic (exact) mass is 477 g/mol. The number of rotatable bonds is 8. The Kier molecular flexibility index (Phi) is 7.39. The molecule has 0 spiro atoms. The fraction of sp³-hybridized carbons (Fsp3) is 0.0833. The summed E-state index contributed by atoms with van der Waals surface area (Å²) in [6.07, 6.45) is 1.51. The Morgan fingerprint density at radius 1 is 1.06 bits per heavy atom. The van der Waals surface area contributed by atoms with Gasteiger partial charge in [-0.15, -0.1) is 10.2 Å². The zero-order valence-electron chi connectivity index (χ0n) is 17.7. The van der Waals surface area contributed by atoms with Crippen molar-refractivity contribution in [2.45, 2.75) is 5.16 Å². The second-order valence-corrected chi connectivity index (χ2v) is 8.16. The number of nitrogens with zero attached hydrogens (tertiary/aromatic N) is 4. The summed E-state index contributed by atoms with van der Waals surface area (Å²) < 4.78 is 7.18. The SMILES string of the molecule is COc1ccc(-n2c(SCC(=O)NN=Cc3ccccc3Cl)nnc2-c2ccccc2)cc1. The van der Waals surface area contributed by atoms with E-state index in [1.54, 1.807) is 13.2 Å². The number of ether oxygens (including phenoxy) is 1. The van der Waals surface area contributed by atoms with Crippen LogP contribution in [-0.4, -0.2) is 39.7 Å². The normalized spacial score (nSPS) is 11.0. The van der Waals surface area contributed by atoms with Gasteiger partial charge in [-0.05, 0) is 30.3 Å². The van der Waals surface area contributed by atoms with Crippen molar-refractivity contribution in [3.05, 3.63) is 89.4 Å². The van der Waals surface area contributed by atoms with Gasteiger partial charge in [-0.25, -0.2) is 5.43 Å². The standard InChI is InChI=1S/C24H20ClN5O2S/c1-32-20-13-11-19(12-14-20)30-23(17-7-3-2-4-8-17)28-29-24(30)33-16-22(31)27-26-15-18-9-5-6-10-21(18)25/h2-15H,16H2,1H3,(H,27,31). The van der Waals surface area contributed by atoms with Crippen molar-refractivity contribution in [1.82, 2.24) is 20.2 Å². The van der Waals surface area contributed by atoms with Crippen molar-refractivity contribution < 1.29 is 9.53 Å². The minimum Gasteiger partial charge on any atom is -0.497 e. The molecule has 4 rings (SSSR count). The highest BCUT2D eigenvalue weighted by atomic mass is 35.5. The van der Waals surface area contributed by atoms with Gasteiger partial charge in [-0.3, -0.25) is 9.36 Å². The number of thioether (sulfide) groups is 1. The second-order valence-electron chi connectivity index (χ2n) is 6.81. The molecule has 0 atom stereocenters. The lowest BCUT2D eigenvalue weighted by Gasteiger charge is -2.11. The number of hydrogen-bond donors (Lipinski definition) is 1. The highest BCUT2D eigenvalue weighted by molar-refractivity contribution is 7.99. The first-order chi connectivity index (χ1) is 16.2. The van der Waals surface area contributed by atoms with E-state index in [1.807, 2.05) is 77.4 Å². The molecule has 33 heavy (non-hydrogen) atoms. The van der Waals surface area contributed by atoms with Gasteiger partial charge in [-0.1, -0.05) is 71.9 Å². The van der Waals surface area contributed by atoms with Crippen molar-refractivity contribution in [3.63, 3.8) is 0 Å². The summed E-state index contributed by atoms with van der Waals surface area (Å²) >= 11 is 7.37. The van der Waals surface area contributed by atoms with E-state index >= 15 is 0 Å². The molecule has 0 unspecified atom stereocenters. The van der Waals surface area contributed by atoms with Crippen LogP contribution < -0.4 is 10.2 Å². The van der Waals surface area contributed by atoms with Crippen LogP contribution in [0.5, 0.6) is 5.75 Å². The maximum atomic E-state index is 12.3. The molecule has 0 aliphatic rings. The molecule has 166 valence electrons. The summed E-state index contributed by atoms with van der Waals surface area (Å²) in [5.41, 5.74) is 5.02. The molecule has 1 heterocycles. The lowest BCUT2D eigenvalue weighted by Crippen LogP contribution is -2.20. The molecule has 7 nitrogen and oxygen atoms in total. The van der Waals surface area contributed by atoms with E-state index in [-0.39, 0.29) is 11.7 Å². The smallest absolute Gasteiger partial charge is 0.250 e. The third-order valence-electron chi connectivity index (χ3n) is 4.63. The molecule has 9 heteroatoms. The molecule has 0 aliphatic heterocycles. The molecular formula is C24H20ClN5O2S. The van der Waals surface area contributed by atoms with Crippen LogP contribution in [0.15, 0.2) is 89.1 Å². The third kappa shape index (κ3) is 5.60. The molecule has 0 saturated heterocycles. The number of carbonyl (C=O) groups excluding carboxylic acids is 1. The Labute approximate surface area is 200 Å². The minimum absolute atomic E-state index is 0.114. The van der Waals surface area contributed by atoms with Gasteiger partial charge in [0.2, 0.25) is 0 Å². The number of amides is 1. The number of benzene rings is 3. The Morgan fingerprint density at radius 2 is 1.79 bits per heavy atom. The van der Waals surface area contributed by atoms with E-state index in [4.69, 9.17) is 16.3 Å². The lowest BCUT2D eigenvalue weighted by molar-refractivity contribution is -0.118. The summed E-state index contributed by atoms with van der Waals surface area (Å²) in [5, 5.41) is 13.8. The van der Waals surface area contributed by atoms with Gasteiger partial charge in [0.05, 0.1) is 19.1 Å². The van der Waals surface area contributed by atoms with Gasteiger partial charge >= 0.3 is 0 Å². The lowest BCUT2D eigenvalue weighted by atomic mass is 10.2. The van der Waals surface area contributed by atoms with Crippen LogP contribution in [0.3, 0.4) is 0 Å². The van der Waals surface area contributed by atoms with Gasteiger partial charge in [0.1, 0.15) is 5.75 Å². The number of methoxy groups -OCH3 is 1. The molecule has 1 amide bonds. The molecule has 4 aromatic rings. The van der Waals surface area contributed by atoms with E-state index in [0.29, 0.717) is 16.0 Å². The predicted molar refractivity (Wildman–Crippen MR) is 131 cm³/mol. The van der Waals surface area contributed by atoms with Crippen LogP contribution >= 0.6 is 23.4 Å². The van der Waals surface area contributed by atoms with Crippen LogP contribution in [-0.2, 0) is 4.79 Å². The van der Waals surface area contributed by atoms with Gasteiger partial charge in [-0.2, -0.15) is 5.10 Å². The van der Waals surface area contributed by atoms with Crippen LogP contribution in [0.1, 0.15) is 5.56 Å². The molecule has 1 N–H and O–H groups in total. The van der Waals surface area contributed by atoms with E-state index in [0.717, 1.165) is 22.6 Å². The molecule has 0 saturated carbocycles. The fourth-order valence-corrected chi connectivity index (χ4v) is 3.95. The Bertz CT molecular complexity index is 1260. The van der Waals surface area contributed by atoms with Crippen molar-refractivity contribution in [3.8, 4) is 22.8 Å². The van der Waals surface area contributed by atoms with Crippen molar-refractivity contribution >= 4 is 35.5 Å². The van der Waals surface area contributed by atoms with Gasteiger partial charge in [0, 0.05) is 21.8 Å². The Hall–Kier alpha value is -3.62. The molecule has 0 radical (unpaired) electrons. The average molecular weight is 478 g/mol. The Balaban J connectivity index is 1.51. The fourth-order valence-electron chi connectivity index (χ4n) is 3.02. The van der Waals surface area contributed by atoms with Gasteiger partial charge in [0.25, 0.3) is 5.91 Å². The summed E-state index contributed by atoms with van der Waals surface area (Å²) in [4.78, 5) is 12.3. The second kappa shape index (κ2) is 10.8. The van der Waals surface area contributed by atoms with E-state index < -0.39 is 0 Å². The maximum Gasteiger partial charge on any atom is 0.250 e. The number of halogens is 1. The summed E-state index contributed by atoms with van der Waals surface area (Å²) in [7, 11) is 1.62. The first-order valence-electron chi connectivity index (χ1n) is 10.00. The summed E-state index contributed by atoms with van der Waals surface area (Å²) in [5.74, 6) is 1.27. The van der Waals surface area contributed by atoms with Gasteiger partial charge < -0.3 is 4.74 Å². The Morgan fingerprint density at radius 3 is 2.52 bits per heavy atom. The molecule has 1 aromatic heterocycles. The van der Waals surface area contributed by atoms with E-state index in [2.05, 4.69) is 20.7 Å². The molecule has 0 aliphatic carbocycles. The van der Waals surface area contributed by atoms with Crippen molar-refractivity contribution in [2.75, 3.05) is 12.9 Å². The van der Waals surface area contributed by atoms with Crippen LogP contribution in [0, 0.1) is 0 Å². The summed E-state index contributed by atoms with van der Waals surface area (Å²) in [6.45, 7) is 0. The predicted octanol–water partition coefficient (Wildman–Crippen LogP) is 4.84. The molecule has 0 fully saturated rings. The number of aromatic nitrogens is 3. The van der Waals surface area contributed by atoms with Crippen molar-refractivity contribution in [2.24, 2.45) is 5.10 Å². The minimum atomic E-state index is -0.270. The first kappa shape index (κ1) is 22.6. The highest BCUT2D eigenvalue weighted by Crippen LogP contribution is 2.28. The summed E-state index contributed by atoms with van der Waals surface area (Å²) in [6, 6.07) is 24.6. The molecule has 0 bridgehead atoms. The first-order valence-corrected chi connectivity index (χ1v) is 11.4. The quantitative estimate of drug-likeness (QED) is 0.223. The van der Waals surface area contributed by atoms with Crippen LogP contribution in [0.25, 0.3) is 17.1 Å². The average Bonchev–Trinajstić information content (AvgIpc) is 3.28. The topological polar surface area (TPSA) is 81.4 Å². The van der Waals surface area contributed by atoms with E-state index in [9.17, 15) is 4.79 Å². The number of carbonyl (C=O) groups is 1. The van der Waals surface area contributed by atoms with Crippen LogP contribution in [0.2, 0.25) is 5.02 Å². The van der Waals surface area contributed by atoms with E-state index in [1.165, 1.54) is 18.0 Å². The number of nitrogens with one attached hydrogen (secondary N) is 1. The largest absolute Gasteiger partial charge is 0.497 e. The zero-order chi connectivity index (χ0) is 23.0. The van der Waals surface area contributed by atoms with Gasteiger partial charge in [0.15, 0.2) is 11.0 Å². The maximum absolute atomic E-state index is 12.3. The molecule has 3 aromatic carbocycles. The van der Waals surface area contributed by atoms with Crippen LogP contribution in [0.4, 0.5) is 0 Å². The third-order valence-corrected chi connectivity index (χ3v) is 5.90.